The molecule has 0 aromatic heterocycles. The molecule has 0 aliphatic carbocycles. The summed E-state index contributed by atoms with van der Waals surface area (Å²) < 4.78 is 5.47. The number of quaternary nitrogens is 1. The molecule has 0 heterocycles. The summed E-state index contributed by atoms with van der Waals surface area (Å²) in [5.41, 5.74) is 4.29. The predicted molar refractivity (Wildman–Crippen MR) is 102 cm³/mol. The molecule has 1 unspecified atom stereocenters. The summed E-state index contributed by atoms with van der Waals surface area (Å²) in [6, 6.07) is 14.0. The highest BCUT2D eigenvalue weighted by Crippen LogP contribution is 2.19. The Labute approximate surface area is 150 Å². The molecule has 0 fully saturated rings. The molecule has 0 saturated carbocycles. The highest BCUT2D eigenvalue weighted by atomic mass is 16.5. The summed E-state index contributed by atoms with van der Waals surface area (Å²) in [4.78, 5) is 13.8. The fourth-order valence-corrected chi connectivity index (χ4v) is 2.81. The van der Waals surface area contributed by atoms with Crippen LogP contribution in [0.5, 0.6) is 5.75 Å². The van der Waals surface area contributed by atoms with E-state index >= 15 is 0 Å². The second-order valence-electron chi connectivity index (χ2n) is 6.58. The summed E-state index contributed by atoms with van der Waals surface area (Å²) in [6.07, 6.45) is 0. The number of hydrogen-bond acceptors (Lipinski definition) is 2. The van der Waals surface area contributed by atoms with Crippen molar-refractivity contribution in [1.29, 1.82) is 0 Å². The Kier molecular flexibility index (Phi) is 6.59. The Bertz CT molecular complexity index is 690. The van der Waals surface area contributed by atoms with Gasteiger partial charge in [0.1, 0.15) is 12.3 Å². The average Bonchev–Trinajstić information content (AvgIpc) is 2.59. The number of para-hydroxylation sites is 1. The molecule has 25 heavy (non-hydrogen) atoms. The van der Waals surface area contributed by atoms with Crippen LogP contribution in [-0.2, 0) is 11.3 Å². The normalized spacial score (nSPS) is 13.2. The van der Waals surface area contributed by atoms with E-state index in [1.54, 1.807) is 0 Å². The van der Waals surface area contributed by atoms with Crippen molar-refractivity contribution in [2.24, 2.45) is 0 Å². The third kappa shape index (κ3) is 5.07. The predicted octanol–water partition coefficient (Wildman–Crippen LogP) is 2.74. The van der Waals surface area contributed by atoms with E-state index in [1.807, 2.05) is 65.1 Å². The molecular formula is C21H29N2O2+. The number of carbonyl (C=O) groups excluding carboxylic acids is 1. The highest BCUT2D eigenvalue weighted by molar-refractivity contribution is 5.95. The summed E-state index contributed by atoms with van der Waals surface area (Å²) in [5.74, 6) is 0.922. The van der Waals surface area contributed by atoms with Gasteiger partial charge in [0, 0.05) is 11.3 Å². The smallest absolute Gasteiger partial charge is 0.282 e. The first kappa shape index (κ1) is 19.0. The van der Waals surface area contributed by atoms with Crippen molar-refractivity contribution in [2.45, 2.75) is 40.3 Å². The lowest BCUT2D eigenvalue weighted by Crippen LogP contribution is -3.12. The quantitative estimate of drug-likeness (QED) is 0.813. The van der Waals surface area contributed by atoms with Gasteiger partial charge in [-0.2, -0.15) is 0 Å². The van der Waals surface area contributed by atoms with E-state index in [4.69, 9.17) is 4.74 Å². The molecule has 2 N–H and O–H groups in total. The van der Waals surface area contributed by atoms with Crippen LogP contribution in [0.1, 0.15) is 30.5 Å². The number of nitrogens with one attached hydrogen (secondary N) is 2. The van der Waals surface area contributed by atoms with E-state index in [1.165, 1.54) is 5.56 Å². The Morgan fingerprint density at radius 3 is 2.28 bits per heavy atom. The molecule has 0 bridgehead atoms. The number of likely N-dealkylation sites (N-methyl/N-ethyl adjacent to an activating group) is 1. The van der Waals surface area contributed by atoms with Gasteiger partial charge >= 0.3 is 0 Å². The second-order valence-corrected chi connectivity index (χ2v) is 6.58. The van der Waals surface area contributed by atoms with E-state index in [2.05, 4.69) is 17.4 Å². The van der Waals surface area contributed by atoms with Crippen LogP contribution in [-0.4, -0.2) is 25.6 Å². The molecule has 0 saturated heterocycles. The van der Waals surface area contributed by atoms with E-state index in [0.717, 1.165) is 34.0 Å². The lowest BCUT2D eigenvalue weighted by molar-refractivity contribution is -0.907. The number of hydrogen-bond donors (Lipinski definition) is 2. The van der Waals surface area contributed by atoms with Crippen LogP contribution in [0, 0.1) is 13.8 Å². The number of aryl methyl sites for hydroxylation is 2. The molecule has 0 radical (unpaired) electrons. The Balaban J connectivity index is 1.98. The summed E-state index contributed by atoms with van der Waals surface area (Å²) >= 11 is 0. The fraction of sp³-hybridized carbons (Fsp3) is 0.381. The molecule has 0 aliphatic rings. The second kappa shape index (κ2) is 8.67. The van der Waals surface area contributed by atoms with Crippen LogP contribution in [0.3, 0.4) is 0 Å². The van der Waals surface area contributed by atoms with Crippen LogP contribution < -0.4 is 15.0 Å². The largest absolute Gasteiger partial charge is 0.494 e. The van der Waals surface area contributed by atoms with Gasteiger partial charge in [-0.3, -0.25) is 4.79 Å². The van der Waals surface area contributed by atoms with Gasteiger partial charge in [-0.25, -0.2) is 0 Å². The minimum absolute atomic E-state index is 0.0424. The van der Waals surface area contributed by atoms with Crippen LogP contribution in [0.4, 0.5) is 5.69 Å². The van der Waals surface area contributed by atoms with Crippen LogP contribution in [0.15, 0.2) is 42.5 Å². The molecule has 0 aliphatic heterocycles. The number of benzene rings is 2. The molecule has 2 atom stereocenters. The van der Waals surface area contributed by atoms with Gasteiger partial charge in [0.15, 0.2) is 6.04 Å². The number of anilines is 1. The molecule has 134 valence electrons. The van der Waals surface area contributed by atoms with Crippen LogP contribution >= 0.6 is 0 Å². The minimum atomic E-state index is -0.148. The Hall–Kier alpha value is -2.33. The molecule has 0 spiro atoms. The van der Waals surface area contributed by atoms with Crippen molar-refractivity contribution in [1.82, 2.24) is 0 Å². The fourth-order valence-electron chi connectivity index (χ4n) is 2.81. The van der Waals surface area contributed by atoms with Gasteiger partial charge in [-0.15, -0.1) is 0 Å². The van der Waals surface area contributed by atoms with E-state index < -0.39 is 0 Å². The third-order valence-corrected chi connectivity index (χ3v) is 4.58. The average molecular weight is 341 g/mol. The van der Waals surface area contributed by atoms with E-state index in [0.29, 0.717) is 6.61 Å². The van der Waals surface area contributed by atoms with E-state index in [9.17, 15) is 4.79 Å². The highest BCUT2D eigenvalue weighted by Gasteiger charge is 2.23. The van der Waals surface area contributed by atoms with Crippen molar-refractivity contribution in [3.63, 3.8) is 0 Å². The molecular weight excluding hydrogens is 312 g/mol. The third-order valence-electron chi connectivity index (χ3n) is 4.58. The van der Waals surface area contributed by atoms with Crippen molar-refractivity contribution in [3.8, 4) is 5.75 Å². The number of carbonyl (C=O) groups is 1. The summed E-state index contributed by atoms with van der Waals surface area (Å²) in [7, 11) is 2.05. The first-order valence-electron chi connectivity index (χ1n) is 8.83. The molecule has 4 nitrogen and oxygen atoms in total. The van der Waals surface area contributed by atoms with E-state index in [-0.39, 0.29) is 11.9 Å². The van der Waals surface area contributed by atoms with Crippen molar-refractivity contribution >= 4 is 11.6 Å². The molecule has 1 amide bonds. The Morgan fingerprint density at radius 2 is 1.72 bits per heavy atom. The van der Waals surface area contributed by atoms with Gasteiger partial charge in [0.2, 0.25) is 0 Å². The first-order valence-corrected chi connectivity index (χ1v) is 8.83. The topological polar surface area (TPSA) is 42.8 Å². The number of amides is 1. The standard InChI is InChI=1S/C21H28N2O2/c1-6-25-19-12-10-18(11-13-19)14-23(5)17(4)21(24)22-20-15(2)8-7-9-16(20)3/h7-13,17H,6,14H2,1-5H3,(H,22,24)/p+1/t17-/m1/s1. The van der Waals surface area contributed by atoms with Crippen molar-refractivity contribution in [3.05, 3.63) is 59.2 Å². The zero-order valence-corrected chi connectivity index (χ0v) is 15.8. The van der Waals surface area contributed by atoms with Gasteiger partial charge < -0.3 is 15.0 Å². The van der Waals surface area contributed by atoms with Gasteiger partial charge in [0.05, 0.1) is 13.7 Å². The monoisotopic (exact) mass is 341 g/mol. The maximum atomic E-state index is 12.6. The summed E-state index contributed by atoms with van der Waals surface area (Å²) in [5, 5.41) is 3.09. The van der Waals surface area contributed by atoms with Gasteiger partial charge in [-0.05, 0) is 63.1 Å². The maximum Gasteiger partial charge on any atom is 0.282 e. The number of rotatable bonds is 7. The minimum Gasteiger partial charge on any atom is -0.494 e. The molecule has 2 rings (SSSR count). The zero-order valence-electron chi connectivity index (χ0n) is 15.8. The van der Waals surface area contributed by atoms with Crippen molar-refractivity contribution in [2.75, 3.05) is 19.0 Å². The van der Waals surface area contributed by atoms with Crippen LogP contribution in [0.2, 0.25) is 0 Å². The lowest BCUT2D eigenvalue weighted by atomic mass is 10.1. The van der Waals surface area contributed by atoms with Gasteiger partial charge in [-0.1, -0.05) is 18.2 Å². The Morgan fingerprint density at radius 1 is 1.12 bits per heavy atom. The molecule has 2 aromatic rings. The SMILES string of the molecule is CCOc1ccc(C[NH+](C)[C@H](C)C(=O)Nc2c(C)cccc2C)cc1. The van der Waals surface area contributed by atoms with Crippen molar-refractivity contribution < 1.29 is 14.4 Å². The zero-order chi connectivity index (χ0) is 18.4. The summed E-state index contributed by atoms with van der Waals surface area (Å²) in [6.45, 7) is 9.43. The maximum absolute atomic E-state index is 12.6. The molecule has 4 heteroatoms. The lowest BCUT2D eigenvalue weighted by Gasteiger charge is -2.22. The van der Waals surface area contributed by atoms with Gasteiger partial charge in [0.25, 0.3) is 5.91 Å². The molecule has 2 aromatic carbocycles. The first-order chi connectivity index (χ1) is 11.9. The number of ether oxygens (including phenoxy) is 1. The van der Waals surface area contributed by atoms with Crippen LogP contribution in [0.25, 0.3) is 0 Å².